The van der Waals surface area contributed by atoms with Crippen LogP contribution in [-0.4, -0.2) is 0 Å². The first-order valence-electron chi connectivity index (χ1n) is 14.8. The molecular weight excluding hydrogens is 440 g/mol. The van der Waals surface area contributed by atoms with Crippen LogP contribution in [0.15, 0.2) is 58.9 Å². The Morgan fingerprint density at radius 3 is 2.36 bits per heavy atom. The van der Waals surface area contributed by atoms with Crippen molar-refractivity contribution in [1.82, 2.24) is 0 Å². The lowest BCUT2D eigenvalue weighted by molar-refractivity contribution is -0.667. The Kier molecular flexibility index (Phi) is 4.57. The highest BCUT2D eigenvalue weighted by Gasteiger charge is 2.26. The number of hydrogen-bond acceptors (Lipinski definition) is 2. The van der Waals surface area contributed by atoms with Crippen LogP contribution in [0.3, 0.4) is 0 Å². The third kappa shape index (κ3) is 3.69. The molecule has 3 heteroatoms. The van der Waals surface area contributed by atoms with Crippen molar-refractivity contribution in [2.75, 3.05) is 0 Å². The maximum Gasteiger partial charge on any atom is 0.216 e. The SMILES string of the molecule is [2H]c1c([2H])c([2H])c(-c2c(C)cc(C#N)c3c2oc2c(-c4cc(CC(C)C)c(C)c(C)[n+]4C)c(C)ccc23)c([2H])c1[2H]. The summed E-state index contributed by atoms with van der Waals surface area (Å²) in [4.78, 5) is 0. The fourth-order valence-electron chi connectivity index (χ4n) is 5.26. The molecule has 0 aliphatic heterocycles. The number of benzene rings is 3. The third-order valence-electron chi connectivity index (χ3n) is 7.27. The topological polar surface area (TPSA) is 40.8 Å². The van der Waals surface area contributed by atoms with Crippen molar-refractivity contribution in [3.8, 4) is 28.5 Å². The van der Waals surface area contributed by atoms with E-state index in [1.807, 2.05) is 26.1 Å². The lowest BCUT2D eigenvalue weighted by Crippen LogP contribution is -2.36. The highest BCUT2D eigenvalue weighted by molar-refractivity contribution is 6.15. The predicted octanol–water partition coefficient (Wildman–Crippen LogP) is 8.05. The minimum atomic E-state index is -0.451. The quantitative estimate of drug-likeness (QED) is 0.245. The highest BCUT2D eigenvalue weighted by Crippen LogP contribution is 2.43. The van der Waals surface area contributed by atoms with Crippen LogP contribution in [0.4, 0.5) is 0 Å². The van der Waals surface area contributed by atoms with Gasteiger partial charge in [0.05, 0.1) is 24.0 Å². The summed E-state index contributed by atoms with van der Waals surface area (Å²) < 4.78 is 50.8. The van der Waals surface area contributed by atoms with E-state index in [1.54, 1.807) is 13.0 Å². The Morgan fingerprint density at radius 2 is 1.69 bits per heavy atom. The standard InChI is InChI=1S/C33H33N2O/c1-19(2)15-25-17-28(35(7)23(6)22(25)5)30-20(3)13-14-27-31-26(18-34)16-21(4)29(33(31)36-32(27)30)24-11-9-8-10-12-24/h8-14,16-17,19H,15H2,1-7H3/q+1/i8D,9D,10D,11D,12D. The van der Waals surface area contributed by atoms with Gasteiger partial charge in [0.25, 0.3) is 0 Å². The van der Waals surface area contributed by atoms with E-state index in [0.717, 1.165) is 34.3 Å². The van der Waals surface area contributed by atoms with E-state index in [9.17, 15) is 5.26 Å². The fourth-order valence-corrected chi connectivity index (χ4v) is 5.26. The molecule has 0 radical (unpaired) electrons. The molecular formula is C33H33N2O+. The monoisotopic (exact) mass is 478 g/mol. The number of pyridine rings is 1. The molecule has 0 bridgehead atoms. The largest absolute Gasteiger partial charge is 0.454 e. The van der Waals surface area contributed by atoms with Gasteiger partial charge in [0.2, 0.25) is 5.69 Å². The van der Waals surface area contributed by atoms with Crippen LogP contribution in [-0.2, 0) is 13.5 Å². The van der Waals surface area contributed by atoms with Crippen LogP contribution in [0.25, 0.3) is 44.3 Å². The maximum absolute atomic E-state index is 10.2. The second-order valence-electron chi connectivity index (χ2n) is 10.1. The van der Waals surface area contributed by atoms with Crippen molar-refractivity contribution in [3.05, 3.63) is 88.0 Å². The summed E-state index contributed by atoms with van der Waals surface area (Å²) >= 11 is 0. The highest BCUT2D eigenvalue weighted by atomic mass is 16.3. The number of fused-ring (bicyclic) bond motifs is 3. The third-order valence-corrected chi connectivity index (χ3v) is 7.27. The number of rotatable bonds is 4. The van der Waals surface area contributed by atoms with Crippen molar-refractivity contribution >= 4 is 21.9 Å². The van der Waals surface area contributed by atoms with Crippen LogP contribution in [0, 0.1) is 44.9 Å². The predicted molar refractivity (Wildman–Crippen MR) is 148 cm³/mol. The molecule has 0 atom stereocenters. The maximum atomic E-state index is 10.2. The zero-order valence-corrected chi connectivity index (χ0v) is 21.9. The Bertz CT molecular complexity index is 1940. The van der Waals surface area contributed by atoms with E-state index in [4.69, 9.17) is 11.3 Å². The van der Waals surface area contributed by atoms with Crippen molar-refractivity contribution < 1.29 is 15.8 Å². The van der Waals surface area contributed by atoms with Gasteiger partial charge in [-0.1, -0.05) is 56.2 Å². The van der Waals surface area contributed by atoms with Crippen molar-refractivity contribution in [2.24, 2.45) is 13.0 Å². The minimum Gasteiger partial charge on any atom is -0.454 e. The summed E-state index contributed by atoms with van der Waals surface area (Å²) in [6.45, 7) is 12.5. The number of nitriles is 1. The molecule has 0 aliphatic carbocycles. The lowest BCUT2D eigenvalue weighted by Gasteiger charge is -2.14. The van der Waals surface area contributed by atoms with Crippen LogP contribution in [0.1, 0.15) is 54.2 Å². The Hall–Kier alpha value is -3.90. The fraction of sp³-hybridized carbons (Fsp3) is 0.273. The summed E-state index contributed by atoms with van der Waals surface area (Å²) in [5.41, 5.74) is 9.00. The normalized spacial score (nSPS) is 13.5. The van der Waals surface area contributed by atoms with E-state index in [0.29, 0.717) is 39.2 Å². The number of furan rings is 1. The first kappa shape index (κ1) is 18.4. The number of nitrogens with zero attached hydrogens (tertiary/aromatic N) is 2. The van der Waals surface area contributed by atoms with Crippen LogP contribution >= 0.6 is 0 Å². The smallest absolute Gasteiger partial charge is 0.216 e. The average molecular weight is 479 g/mol. The first-order valence-corrected chi connectivity index (χ1v) is 12.3. The molecule has 5 aromatic rings. The number of aromatic nitrogens is 1. The summed E-state index contributed by atoms with van der Waals surface area (Å²) in [5, 5.41) is 11.5. The molecule has 0 unspecified atom stereocenters. The molecule has 36 heavy (non-hydrogen) atoms. The van der Waals surface area contributed by atoms with E-state index in [1.165, 1.54) is 11.1 Å². The van der Waals surface area contributed by atoms with Crippen molar-refractivity contribution in [3.63, 3.8) is 0 Å². The van der Waals surface area contributed by atoms with Gasteiger partial charge < -0.3 is 4.42 Å². The van der Waals surface area contributed by atoms with Crippen LogP contribution in [0.2, 0.25) is 0 Å². The summed E-state index contributed by atoms with van der Waals surface area (Å²) in [6.07, 6.45) is 0.938. The van der Waals surface area contributed by atoms with Gasteiger partial charge in [0.1, 0.15) is 18.2 Å². The Balaban J connectivity index is 1.97. The van der Waals surface area contributed by atoms with Gasteiger partial charge in [-0.3, -0.25) is 0 Å². The second kappa shape index (κ2) is 8.95. The summed E-state index contributed by atoms with van der Waals surface area (Å²) in [5.74, 6) is 0.484. The molecule has 0 amide bonds. The van der Waals surface area contributed by atoms with Gasteiger partial charge in [-0.2, -0.15) is 9.83 Å². The van der Waals surface area contributed by atoms with E-state index >= 15 is 0 Å². The average Bonchev–Trinajstić information content (AvgIpc) is 3.31. The van der Waals surface area contributed by atoms with Gasteiger partial charge >= 0.3 is 0 Å². The molecule has 0 aliphatic rings. The van der Waals surface area contributed by atoms with Crippen LogP contribution in [0.5, 0.6) is 0 Å². The molecule has 3 nitrogen and oxygen atoms in total. The summed E-state index contributed by atoms with van der Waals surface area (Å²) in [6, 6.07) is 8.32. The van der Waals surface area contributed by atoms with Crippen LogP contribution < -0.4 is 4.57 Å². The second-order valence-corrected chi connectivity index (χ2v) is 10.1. The lowest BCUT2D eigenvalue weighted by atomic mass is 9.92. The van der Waals surface area contributed by atoms with E-state index < -0.39 is 18.1 Å². The summed E-state index contributed by atoms with van der Waals surface area (Å²) in [7, 11) is 2.04. The molecule has 3 aromatic carbocycles. The number of hydrogen-bond donors (Lipinski definition) is 0. The minimum absolute atomic E-state index is 0.0660. The molecule has 0 saturated carbocycles. The molecule has 2 aromatic heterocycles. The van der Waals surface area contributed by atoms with Gasteiger partial charge in [0.15, 0.2) is 5.69 Å². The van der Waals surface area contributed by atoms with Gasteiger partial charge in [-0.05, 0) is 61.4 Å². The molecule has 0 spiro atoms. The molecule has 0 fully saturated rings. The first-order chi connectivity index (χ1) is 19.3. The van der Waals surface area contributed by atoms with Gasteiger partial charge in [-0.15, -0.1) is 0 Å². The molecule has 0 N–H and O–H groups in total. The Labute approximate surface area is 220 Å². The zero-order chi connectivity index (χ0) is 30.1. The zero-order valence-electron chi connectivity index (χ0n) is 26.9. The molecule has 5 rings (SSSR count). The molecule has 0 saturated heterocycles. The van der Waals surface area contributed by atoms with E-state index in [2.05, 4.69) is 44.4 Å². The molecule has 2 heterocycles. The van der Waals surface area contributed by atoms with Gasteiger partial charge in [-0.25, -0.2) is 0 Å². The van der Waals surface area contributed by atoms with Gasteiger partial charge in [0, 0.05) is 34.9 Å². The number of aryl methyl sites for hydroxylation is 2. The van der Waals surface area contributed by atoms with Crippen molar-refractivity contribution in [1.29, 1.82) is 5.26 Å². The molecule has 180 valence electrons. The van der Waals surface area contributed by atoms with Crippen molar-refractivity contribution in [2.45, 2.75) is 48.0 Å². The Morgan fingerprint density at radius 1 is 0.972 bits per heavy atom. The van der Waals surface area contributed by atoms with E-state index in [-0.39, 0.29) is 17.6 Å².